The molecule has 1 heteroatoms. The fraction of sp³-hybridized carbons (Fsp3) is 0.200. The molecular weight excluding hydrogens is 74.1 g/mol. The van der Waals surface area contributed by atoms with Gasteiger partial charge in [0.2, 0.25) is 0 Å². The smallest absolute Gasteiger partial charge is 0.0266 e. The van der Waals surface area contributed by atoms with E-state index in [2.05, 4.69) is 18.5 Å². The molecule has 0 aliphatic carbocycles. The van der Waals surface area contributed by atoms with Crippen LogP contribution < -0.4 is 5.32 Å². The van der Waals surface area contributed by atoms with Gasteiger partial charge in [0.25, 0.3) is 0 Å². The SMILES string of the molecule is C=C1CC(=C)N1. The Morgan fingerprint density at radius 3 is 1.67 bits per heavy atom. The van der Waals surface area contributed by atoms with Gasteiger partial charge in [-0.15, -0.1) is 0 Å². The maximum absolute atomic E-state index is 3.64. The van der Waals surface area contributed by atoms with Gasteiger partial charge in [-0.2, -0.15) is 0 Å². The molecule has 1 nitrogen and oxygen atoms in total. The summed E-state index contributed by atoms with van der Waals surface area (Å²) in [4.78, 5) is 0. The van der Waals surface area contributed by atoms with E-state index in [4.69, 9.17) is 0 Å². The first-order valence-corrected chi connectivity index (χ1v) is 1.91. The minimum Gasteiger partial charge on any atom is -0.363 e. The first kappa shape index (κ1) is 3.47. The highest BCUT2D eigenvalue weighted by molar-refractivity contribution is 5.21. The number of hydrogen-bond acceptors (Lipinski definition) is 1. The summed E-state index contributed by atoms with van der Waals surface area (Å²) in [6.45, 7) is 7.28. The number of nitrogens with one attached hydrogen (secondary N) is 1. The highest BCUT2D eigenvalue weighted by atomic mass is 15.0. The second kappa shape index (κ2) is 0.869. The summed E-state index contributed by atoms with van der Waals surface area (Å²) in [5.74, 6) is 0. The standard InChI is InChI=1S/C5H7N/c1-4-3-5(2)6-4/h6H,1-3H2. The molecule has 1 aliphatic rings. The van der Waals surface area contributed by atoms with Crippen LogP contribution in [-0.2, 0) is 0 Å². The predicted octanol–water partition coefficient (Wildman–Crippen LogP) is 1.01. The molecule has 0 amide bonds. The third kappa shape index (κ3) is 0.322. The molecule has 32 valence electrons. The molecule has 1 N–H and O–H groups in total. The molecule has 0 saturated carbocycles. The normalized spacial score (nSPS) is 19.3. The molecular formula is C5H7N. The third-order valence-electron chi connectivity index (χ3n) is 0.780. The Labute approximate surface area is 37.4 Å². The zero-order valence-electron chi connectivity index (χ0n) is 3.62. The Morgan fingerprint density at radius 1 is 1.33 bits per heavy atom. The lowest BCUT2D eigenvalue weighted by molar-refractivity contribution is 0.764. The lowest BCUT2D eigenvalue weighted by Crippen LogP contribution is -2.22. The zero-order valence-corrected chi connectivity index (χ0v) is 3.62. The monoisotopic (exact) mass is 81.1 g/mol. The van der Waals surface area contributed by atoms with E-state index < -0.39 is 0 Å². The van der Waals surface area contributed by atoms with Crippen LogP contribution in [0.25, 0.3) is 0 Å². The summed E-state index contributed by atoms with van der Waals surface area (Å²) in [5, 5.41) is 2.92. The van der Waals surface area contributed by atoms with Crippen LogP contribution >= 0.6 is 0 Å². The summed E-state index contributed by atoms with van der Waals surface area (Å²) in [7, 11) is 0. The molecule has 0 spiro atoms. The van der Waals surface area contributed by atoms with E-state index in [1.807, 2.05) is 0 Å². The van der Waals surface area contributed by atoms with Crippen molar-refractivity contribution in [3.8, 4) is 0 Å². The van der Waals surface area contributed by atoms with E-state index in [0.29, 0.717) is 0 Å². The predicted molar refractivity (Wildman–Crippen MR) is 26.0 cm³/mol. The molecule has 0 aromatic heterocycles. The van der Waals surface area contributed by atoms with Gasteiger partial charge in [-0.3, -0.25) is 0 Å². The van der Waals surface area contributed by atoms with Crippen LogP contribution in [0, 0.1) is 0 Å². The summed E-state index contributed by atoms with van der Waals surface area (Å²) >= 11 is 0. The van der Waals surface area contributed by atoms with Crippen molar-refractivity contribution in [2.75, 3.05) is 0 Å². The zero-order chi connectivity index (χ0) is 4.57. The van der Waals surface area contributed by atoms with E-state index in [1.54, 1.807) is 0 Å². The molecule has 1 rings (SSSR count). The molecule has 0 bridgehead atoms. The minimum absolute atomic E-state index is 0.972. The molecule has 1 saturated heterocycles. The van der Waals surface area contributed by atoms with Crippen LogP contribution in [-0.4, -0.2) is 0 Å². The van der Waals surface area contributed by atoms with Crippen molar-refractivity contribution in [1.82, 2.24) is 5.32 Å². The van der Waals surface area contributed by atoms with Crippen molar-refractivity contribution in [1.29, 1.82) is 0 Å². The Morgan fingerprint density at radius 2 is 1.67 bits per heavy atom. The van der Waals surface area contributed by atoms with Gasteiger partial charge in [-0.05, 0) is 0 Å². The fourth-order valence-electron chi connectivity index (χ4n) is 0.489. The number of hydrogen-bond donors (Lipinski definition) is 1. The maximum Gasteiger partial charge on any atom is 0.0266 e. The topological polar surface area (TPSA) is 12.0 Å². The van der Waals surface area contributed by atoms with Crippen molar-refractivity contribution in [2.45, 2.75) is 6.42 Å². The van der Waals surface area contributed by atoms with Gasteiger partial charge >= 0.3 is 0 Å². The molecule has 0 aromatic rings. The van der Waals surface area contributed by atoms with Gasteiger partial charge in [-0.25, -0.2) is 0 Å². The van der Waals surface area contributed by atoms with Crippen LogP contribution in [0.15, 0.2) is 24.6 Å². The molecule has 0 atom stereocenters. The van der Waals surface area contributed by atoms with E-state index in [-0.39, 0.29) is 0 Å². The molecule has 0 unspecified atom stereocenters. The molecule has 0 aromatic carbocycles. The van der Waals surface area contributed by atoms with Crippen molar-refractivity contribution in [2.24, 2.45) is 0 Å². The van der Waals surface area contributed by atoms with Gasteiger partial charge in [0, 0.05) is 17.8 Å². The second-order valence-electron chi connectivity index (χ2n) is 1.51. The van der Waals surface area contributed by atoms with Crippen LogP contribution in [0.5, 0.6) is 0 Å². The second-order valence-corrected chi connectivity index (χ2v) is 1.51. The van der Waals surface area contributed by atoms with Crippen LogP contribution in [0.2, 0.25) is 0 Å². The Kier molecular flexibility index (Phi) is 0.502. The van der Waals surface area contributed by atoms with Gasteiger partial charge in [0.15, 0.2) is 0 Å². The summed E-state index contributed by atoms with van der Waals surface area (Å²) in [6, 6.07) is 0. The summed E-state index contributed by atoms with van der Waals surface area (Å²) in [5.41, 5.74) is 2.17. The quantitative estimate of drug-likeness (QED) is 0.459. The molecule has 1 heterocycles. The highest BCUT2D eigenvalue weighted by Gasteiger charge is 2.06. The summed E-state index contributed by atoms with van der Waals surface area (Å²) in [6.07, 6.45) is 0.972. The Hall–Kier alpha value is -0.720. The van der Waals surface area contributed by atoms with Gasteiger partial charge in [0.1, 0.15) is 0 Å². The third-order valence-corrected chi connectivity index (χ3v) is 0.780. The van der Waals surface area contributed by atoms with Crippen molar-refractivity contribution in [3.05, 3.63) is 24.6 Å². The first-order chi connectivity index (χ1) is 2.79. The lowest BCUT2D eigenvalue weighted by Gasteiger charge is -2.20. The Balaban J connectivity index is 2.47. The van der Waals surface area contributed by atoms with Crippen molar-refractivity contribution < 1.29 is 0 Å². The van der Waals surface area contributed by atoms with Crippen LogP contribution in [0.1, 0.15) is 6.42 Å². The summed E-state index contributed by atoms with van der Waals surface area (Å²) < 4.78 is 0. The van der Waals surface area contributed by atoms with Crippen LogP contribution in [0.4, 0.5) is 0 Å². The fourth-order valence-corrected chi connectivity index (χ4v) is 0.489. The number of rotatable bonds is 0. The molecule has 6 heavy (non-hydrogen) atoms. The van der Waals surface area contributed by atoms with E-state index >= 15 is 0 Å². The van der Waals surface area contributed by atoms with E-state index in [1.165, 1.54) is 0 Å². The van der Waals surface area contributed by atoms with Crippen molar-refractivity contribution >= 4 is 0 Å². The van der Waals surface area contributed by atoms with Crippen LogP contribution in [0.3, 0.4) is 0 Å². The maximum atomic E-state index is 3.64. The lowest BCUT2D eigenvalue weighted by atomic mass is 10.2. The van der Waals surface area contributed by atoms with E-state index in [0.717, 1.165) is 17.8 Å². The van der Waals surface area contributed by atoms with Gasteiger partial charge in [-0.1, -0.05) is 13.2 Å². The average molecular weight is 81.1 g/mol. The Bertz CT molecular complexity index is 80.5. The first-order valence-electron chi connectivity index (χ1n) is 1.91. The molecule has 0 radical (unpaired) electrons. The largest absolute Gasteiger partial charge is 0.363 e. The van der Waals surface area contributed by atoms with E-state index in [9.17, 15) is 0 Å². The van der Waals surface area contributed by atoms with Gasteiger partial charge < -0.3 is 5.32 Å². The highest BCUT2D eigenvalue weighted by Crippen LogP contribution is 2.13. The van der Waals surface area contributed by atoms with Gasteiger partial charge in [0.05, 0.1) is 0 Å². The molecule has 1 aliphatic heterocycles. The average Bonchev–Trinajstić information content (AvgIpc) is 1.33. The van der Waals surface area contributed by atoms with Crippen molar-refractivity contribution in [3.63, 3.8) is 0 Å². The molecule has 1 fully saturated rings. The minimum atomic E-state index is 0.972.